The molecule has 1 amide bonds. The van der Waals surface area contributed by atoms with Crippen LogP contribution in [0.2, 0.25) is 0 Å². The van der Waals surface area contributed by atoms with Gasteiger partial charge in [0.15, 0.2) is 5.82 Å². The quantitative estimate of drug-likeness (QED) is 0.355. The van der Waals surface area contributed by atoms with Gasteiger partial charge in [-0.1, -0.05) is 0 Å². The van der Waals surface area contributed by atoms with Crippen molar-refractivity contribution >= 4 is 28.3 Å². The Labute approximate surface area is 230 Å². The van der Waals surface area contributed by atoms with Gasteiger partial charge < -0.3 is 19.5 Å². The van der Waals surface area contributed by atoms with Crippen LogP contribution >= 0.6 is 0 Å². The minimum absolute atomic E-state index is 0.00139. The van der Waals surface area contributed by atoms with Crippen LogP contribution in [0.4, 0.5) is 20.3 Å². The Morgan fingerprint density at radius 1 is 1.15 bits per heavy atom. The van der Waals surface area contributed by atoms with Crippen molar-refractivity contribution in [2.24, 2.45) is 0 Å². The number of aromatic nitrogens is 4. The molecular formula is C30H32F2N6O2. The largest absolute Gasteiger partial charge is 0.381 e. The van der Waals surface area contributed by atoms with Gasteiger partial charge in [0.2, 0.25) is 5.91 Å². The van der Waals surface area contributed by atoms with Crippen LogP contribution in [-0.4, -0.2) is 56.9 Å². The molecule has 10 heteroatoms. The highest BCUT2D eigenvalue weighted by molar-refractivity contribution is 5.96. The summed E-state index contributed by atoms with van der Waals surface area (Å²) >= 11 is 0. The summed E-state index contributed by atoms with van der Waals surface area (Å²) in [5.41, 5.74) is 6.13. The third kappa shape index (κ3) is 4.16. The van der Waals surface area contributed by atoms with Crippen molar-refractivity contribution in [1.82, 2.24) is 24.6 Å². The number of rotatable bonds is 4. The molecule has 0 spiro atoms. The fourth-order valence-corrected chi connectivity index (χ4v) is 6.61. The maximum absolute atomic E-state index is 14.7. The fraction of sp³-hybridized carbons (Fsp3) is 0.433. The van der Waals surface area contributed by atoms with Crippen molar-refractivity contribution in [1.29, 1.82) is 0 Å². The first-order valence-corrected chi connectivity index (χ1v) is 14.1. The molecule has 0 unspecified atom stereocenters. The van der Waals surface area contributed by atoms with Gasteiger partial charge >= 0.3 is 0 Å². The van der Waals surface area contributed by atoms with Gasteiger partial charge in [0.05, 0.1) is 12.6 Å². The molecule has 1 N–H and O–H groups in total. The Hall–Kier alpha value is -3.79. The second-order valence-corrected chi connectivity index (χ2v) is 11.0. The summed E-state index contributed by atoms with van der Waals surface area (Å²) in [6, 6.07) is 5.68. The molecule has 7 rings (SSSR count). The van der Waals surface area contributed by atoms with E-state index in [0.717, 1.165) is 76.9 Å². The number of nitrogens with one attached hydrogen (secondary N) is 1. The van der Waals surface area contributed by atoms with E-state index in [9.17, 15) is 13.6 Å². The zero-order valence-corrected chi connectivity index (χ0v) is 22.5. The van der Waals surface area contributed by atoms with Gasteiger partial charge in [-0.15, -0.1) is 0 Å². The van der Waals surface area contributed by atoms with E-state index in [1.165, 1.54) is 0 Å². The second kappa shape index (κ2) is 9.99. The average molecular weight is 547 g/mol. The molecule has 1 saturated heterocycles. The number of pyridine rings is 1. The standard InChI is InChI=1S/C30H32F2N6O2/c1-18(39)36-10-5-27-25(17-36)30(35-38(27)20-6-11-40-12-7-20)37-9-2-3-19-13-21(22(29(31)32)14-28(19)37)23-16-34-26-4-8-33-15-24(23)26/h4,8,13-16,20,29,34H,2-3,5-7,9-12,17H2,1H3. The molecule has 4 aromatic rings. The Morgan fingerprint density at radius 3 is 2.80 bits per heavy atom. The number of carbonyl (C=O) groups excluding carboxylic acids is 1. The number of hydrogen-bond acceptors (Lipinski definition) is 5. The molecular weight excluding hydrogens is 514 g/mol. The van der Waals surface area contributed by atoms with E-state index in [-0.39, 0.29) is 17.5 Å². The molecule has 1 aromatic carbocycles. The number of hydrogen-bond donors (Lipinski definition) is 1. The van der Waals surface area contributed by atoms with E-state index in [4.69, 9.17) is 9.84 Å². The van der Waals surface area contributed by atoms with Gasteiger partial charge in [0.25, 0.3) is 6.43 Å². The zero-order valence-electron chi connectivity index (χ0n) is 22.5. The molecule has 3 aromatic heterocycles. The van der Waals surface area contributed by atoms with Crippen LogP contribution < -0.4 is 4.90 Å². The van der Waals surface area contributed by atoms with E-state index < -0.39 is 6.43 Å². The summed E-state index contributed by atoms with van der Waals surface area (Å²) in [6.45, 7) is 4.82. The summed E-state index contributed by atoms with van der Waals surface area (Å²) in [6.07, 6.45) is 6.74. The van der Waals surface area contributed by atoms with Crippen molar-refractivity contribution in [3.05, 3.63) is 59.2 Å². The smallest absolute Gasteiger partial charge is 0.264 e. The number of halogens is 2. The summed E-state index contributed by atoms with van der Waals surface area (Å²) in [7, 11) is 0. The van der Waals surface area contributed by atoms with Gasteiger partial charge in [-0.2, -0.15) is 5.10 Å². The van der Waals surface area contributed by atoms with E-state index in [1.807, 2.05) is 17.0 Å². The SMILES string of the molecule is CC(=O)N1CCc2c(c(N3CCCc4cc(-c5c[nH]c6ccncc56)c(C(F)F)cc43)nn2C2CCOCC2)C1. The Morgan fingerprint density at radius 2 is 2.00 bits per heavy atom. The number of benzene rings is 1. The number of H-pyrrole nitrogens is 1. The van der Waals surface area contributed by atoms with Gasteiger partial charge in [-0.05, 0) is 55.0 Å². The number of fused-ring (bicyclic) bond motifs is 3. The van der Waals surface area contributed by atoms with Crippen molar-refractivity contribution in [2.45, 2.75) is 58.0 Å². The molecule has 6 heterocycles. The lowest BCUT2D eigenvalue weighted by molar-refractivity contribution is -0.129. The number of alkyl halides is 2. The molecule has 8 nitrogen and oxygen atoms in total. The fourth-order valence-electron chi connectivity index (χ4n) is 6.61. The van der Waals surface area contributed by atoms with Crippen LogP contribution in [0.25, 0.3) is 22.0 Å². The van der Waals surface area contributed by atoms with Crippen LogP contribution in [0.5, 0.6) is 0 Å². The topological polar surface area (TPSA) is 79.3 Å². The normalized spacial score (nSPS) is 17.9. The molecule has 0 bridgehead atoms. The number of carbonyl (C=O) groups is 1. The molecule has 0 atom stereocenters. The summed E-state index contributed by atoms with van der Waals surface area (Å²) < 4.78 is 37.1. The van der Waals surface area contributed by atoms with Crippen molar-refractivity contribution in [3.8, 4) is 11.1 Å². The minimum atomic E-state index is -2.65. The number of aryl methyl sites for hydroxylation is 1. The maximum Gasteiger partial charge on any atom is 0.264 e. The third-order valence-corrected chi connectivity index (χ3v) is 8.68. The van der Waals surface area contributed by atoms with Crippen LogP contribution in [0, 0.1) is 0 Å². The van der Waals surface area contributed by atoms with E-state index in [1.54, 1.807) is 31.6 Å². The van der Waals surface area contributed by atoms with E-state index >= 15 is 0 Å². The minimum Gasteiger partial charge on any atom is -0.381 e. The lowest BCUT2D eigenvalue weighted by Crippen LogP contribution is -2.36. The van der Waals surface area contributed by atoms with Crippen LogP contribution in [0.3, 0.4) is 0 Å². The Balaban J connectivity index is 1.36. The second-order valence-electron chi connectivity index (χ2n) is 11.0. The van der Waals surface area contributed by atoms with Crippen LogP contribution in [-0.2, 0) is 28.9 Å². The third-order valence-electron chi connectivity index (χ3n) is 8.68. The Kier molecular flexibility index (Phi) is 6.30. The predicted molar refractivity (Wildman–Crippen MR) is 148 cm³/mol. The first kappa shape index (κ1) is 25.2. The van der Waals surface area contributed by atoms with Crippen molar-refractivity contribution < 1.29 is 18.3 Å². The molecule has 208 valence electrons. The van der Waals surface area contributed by atoms with E-state index in [2.05, 4.69) is 19.5 Å². The van der Waals surface area contributed by atoms with Crippen LogP contribution in [0.15, 0.2) is 36.8 Å². The molecule has 40 heavy (non-hydrogen) atoms. The highest BCUT2D eigenvalue weighted by Crippen LogP contribution is 2.44. The van der Waals surface area contributed by atoms with Crippen molar-refractivity contribution in [2.75, 3.05) is 31.2 Å². The molecule has 0 aliphatic carbocycles. The number of amides is 1. The molecule has 0 saturated carbocycles. The monoisotopic (exact) mass is 546 g/mol. The highest BCUT2D eigenvalue weighted by Gasteiger charge is 2.34. The first-order chi connectivity index (χ1) is 19.5. The molecule has 3 aliphatic rings. The summed E-state index contributed by atoms with van der Waals surface area (Å²) in [5.74, 6) is 0.824. The molecule has 0 radical (unpaired) electrons. The van der Waals surface area contributed by atoms with Gasteiger partial charge in [0, 0.05) is 97.2 Å². The number of anilines is 2. The maximum atomic E-state index is 14.7. The molecule has 1 fully saturated rings. The first-order valence-electron chi connectivity index (χ1n) is 14.1. The lowest BCUT2D eigenvalue weighted by atomic mass is 9.91. The van der Waals surface area contributed by atoms with E-state index in [0.29, 0.717) is 38.4 Å². The highest BCUT2D eigenvalue weighted by atomic mass is 19.3. The van der Waals surface area contributed by atoms with Crippen LogP contribution in [0.1, 0.15) is 61.0 Å². The van der Waals surface area contributed by atoms with Gasteiger partial charge in [-0.3, -0.25) is 14.5 Å². The number of aromatic amines is 1. The summed E-state index contributed by atoms with van der Waals surface area (Å²) in [5, 5.41) is 5.99. The van der Waals surface area contributed by atoms with Crippen molar-refractivity contribution in [3.63, 3.8) is 0 Å². The summed E-state index contributed by atoms with van der Waals surface area (Å²) in [4.78, 5) is 23.7. The number of nitrogens with zero attached hydrogens (tertiary/aromatic N) is 5. The Bertz CT molecular complexity index is 1590. The predicted octanol–water partition coefficient (Wildman–Crippen LogP) is 5.70. The lowest BCUT2D eigenvalue weighted by Gasteiger charge is -2.33. The molecule has 3 aliphatic heterocycles. The van der Waals surface area contributed by atoms with Gasteiger partial charge in [0.1, 0.15) is 0 Å². The number of ether oxygens (including phenoxy) is 1. The zero-order chi connectivity index (χ0) is 27.4. The average Bonchev–Trinajstić information content (AvgIpc) is 3.58. The van der Waals surface area contributed by atoms with Gasteiger partial charge in [-0.25, -0.2) is 8.78 Å².